The number of carbonyl (C=O) groups is 2. The quantitative estimate of drug-likeness (QED) is 0.312. The lowest BCUT2D eigenvalue weighted by molar-refractivity contribution is -0.242. The summed E-state index contributed by atoms with van der Waals surface area (Å²) in [5, 5.41) is 7.36. The number of ether oxygens (including phenoxy) is 3. The van der Waals surface area contributed by atoms with Crippen molar-refractivity contribution in [2.24, 2.45) is 5.73 Å². The van der Waals surface area contributed by atoms with E-state index < -0.39 is 87.7 Å². The highest BCUT2D eigenvalue weighted by molar-refractivity contribution is 7.93. The monoisotopic (exact) mass is 696 g/mol. The number of halogens is 8. The Kier molecular flexibility index (Phi) is 9.97. The largest absolute Gasteiger partial charge is 0.484 e. The molecular weight excluding hydrogens is 668 g/mol. The van der Waals surface area contributed by atoms with Crippen LogP contribution in [0.2, 0.25) is 0 Å². The third-order valence-electron chi connectivity index (χ3n) is 6.43. The Labute approximate surface area is 256 Å². The number of rotatable bonds is 10. The lowest BCUT2D eigenvalue weighted by Gasteiger charge is -2.36. The maximum absolute atomic E-state index is 13.9. The van der Waals surface area contributed by atoms with Crippen LogP contribution in [0.1, 0.15) is 34.2 Å². The first-order chi connectivity index (χ1) is 20.9. The number of nitrogens with two attached hydrogens (primary N) is 1. The predicted octanol–water partition coefficient (Wildman–Crippen LogP) is 3.92. The van der Waals surface area contributed by atoms with Gasteiger partial charge in [0.15, 0.2) is 10.4 Å². The molecule has 2 aromatic rings. The Balaban J connectivity index is 2.03. The first kappa shape index (κ1) is 36.4. The molecule has 2 heterocycles. The second kappa shape index (κ2) is 12.6. The predicted molar refractivity (Wildman–Crippen MR) is 142 cm³/mol. The number of aromatic nitrogens is 2. The molecule has 0 bridgehead atoms. The van der Waals surface area contributed by atoms with Crippen molar-refractivity contribution in [1.82, 2.24) is 15.1 Å². The average molecular weight is 697 g/mol. The maximum Gasteiger partial charge on any atom is 0.427 e. The van der Waals surface area contributed by atoms with Crippen LogP contribution in [0.4, 0.5) is 51.3 Å². The molecule has 1 unspecified atom stereocenters. The molecule has 3 rings (SSSR count). The molecule has 0 aliphatic carbocycles. The van der Waals surface area contributed by atoms with Crippen LogP contribution in [0, 0.1) is 0 Å². The summed E-state index contributed by atoms with van der Waals surface area (Å²) in [5.41, 5.74) is -1.85. The number of alkyl halides is 8. The summed E-state index contributed by atoms with van der Waals surface area (Å²) >= 11 is 0. The molecular formula is C24H28F8N6O7S. The first-order valence-corrected chi connectivity index (χ1v) is 14.4. The number of amides is 2. The Hall–Kier alpha value is -4.08. The minimum Gasteiger partial charge on any atom is -0.484 e. The molecule has 1 aliphatic heterocycles. The summed E-state index contributed by atoms with van der Waals surface area (Å²) in [6, 6.07) is 3.04. The van der Waals surface area contributed by atoms with Gasteiger partial charge in [0, 0.05) is 5.69 Å². The highest BCUT2D eigenvalue weighted by Gasteiger charge is 2.54. The number of fused-ring (bicyclic) bond motifs is 1. The van der Waals surface area contributed by atoms with E-state index in [4.69, 9.17) is 15.2 Å². The van der Waals surface area contributed by atoms with Crippen molar-refractivity contribution >= 4 is 33.4 Å². The lowest BCUT2D eigenvalue weighted by Crippen LogP contribution is -2.62. The molecule has 2 atom stereocenters. The number of hydrogen-bond acceptors (Lipinski definition) is 9. The average Bonchev–Trinajstić information content (AvgIpc) is 3.35. The van der Waals surface area contributed by atoms with Crippen molar-refractivity contribution in [3.63, 3.8) is 0 Å². The molecule has 13 nitrogen and oxygen atoms in total. The number of benzene rings is 1. The van der Waals surface area contributed by atoms with E-state index in [-0.39, 0.29) is 22.7 Å². The molecule has 22 heteroatoms. The van der Waals surface area contributed by atoms with Crippen LogP contribution < -0.4 is 30.1 Å². The van der Waals surface area contributed by atoms with Gasteiger partial charge in [-0.1, -0.05) is 0 Å². The van der Waals surface area contributed by atoms with Crippen molar-refractivity contribution in [2.45, 2.75) is 68.7 Å². The minimum atomic E-state index is -5.16. The smallest absolute Gasteiger partial charge is 0.427 e. The lowest BCUT2D eigenvalue weighted by atomic mass is 10.0. The van der Waals surface area contributed by atoms with Crippen molar-refractivity contribution in [1.29, 1.82) is 0 Å². The fourth-order valence-corrected chi connectivity index (χ4v) is 5.23. The van der Waals surface area contributed by atoms with Gasteiger partial charge in [-0.2, -0.15) is 35.1 Å². The number of anilines is 2. The molecule has 0 saturated heterocycles. The zero-order chi connectivity index (χ0) is 35.0. The second-order valence-corrected chi connectivity index (χ2v) is 12.2. The number of carbonyl (C=O) groups excluding carboxylic acids is 2. The van der Waals surface area contributed by atoms with Gasteiger partial charge in [-0.25, -0.2) is 17.9 Å². The van der Waals surface area contributed by atoms with Gasteiger partial charge in [0.25, 0.3) is 15.9 Å². The summed E-state index contributed by atoms with van der Waals surface area (Å²) < 4.78 is 149. The molecule has 1 aromatic heterocycles. The van der Waals surface area contributed by atoms with Crippen LogP contribution in [0.3, 0.4) is 0 Å². The Morgan fingerprint density at radius 2 is 1.76 bits per heavy atom. The molecule has 4 N–H and O–H groups in total. The number of hydrogen-bond donors (Lipinski definition) is 3. The van der Waals surface area contributed by atoms with E-state index in [9.17, 15) is 53.1 Å². The van der Waals surface area contributed by atoms with E-state index in [1.54, 1.807) is 0 Å². The third kappa shape index (κ3) is 7.48. The van der Waals surface area contributed by atoms with Gasteiger partial charge in [0.2, 0.25) is 11.5 Å². The molecule has 0 fully saturated rings. The van der Waals surface area contributed by atoms with E-state index >= 15 is 0 Å². The highest BCUT2D eigenvalue weighted by Crippen LogP contribution is 2.41. The van der Waals surface area contributed by atoms with E-state index in [0.717, 1.165) is 18.2 Å². The summed E-state index contributed by atoms with van der Waals surface area (Å²) in [6.07, 6.45) is -12.6. The topological polar surface area (TPSA) is 167 Å². The Bertz CT molecular complexity index is 1560. The van der Waals surface area contributed by atoms with E-state index in [0.29, 0.717) is 31.3 Å². The minimum absolute atomic E-state index is 0.00740. The molecule has 1 aromatic carbocycles. The van der Waals surface area contributed by atoms with Gasteiger partial charge in [0.1, 0.15) is 11.9 Å². The summed E-state index contributed by atoms with van der Waals surface area (Å²) in [4.78, 5) is 23.6. The van der Waals surface area contributed by atoms with E-state index in [2.05, 4.69) is 9.84 Å². The molecule has 0 radical (unpaired) electrons. The van der Waals surface area contributed by atoms with Gasteiger partial charge in [0.05, 0.1) is 31.6 Å². The van der Waals surface area contributed by atoms with Gasteiger partial charge in [-0.05, 0) is 45.9 Å². The zero-order valence-electron chi connectivity index (χ0n) is 24.3. The van der Waals surface area contributed by atoms with Gasteiger partial charge >= 0.3 is 25.0 Å². The van der Waals surface area contributed by atoms with Crippen LogP contribution in [-0.2, 0) is 19.6 Å². The van der Waals surface area contributed by atoms with E-state index in [1.165, 1.54) is 6.92 Å². The molecule has 0 spiro atoms. The van der Waals surface area contributed by atoms with Crippen molar-refractivity contribution in [2.75, 3.05) is 29.3 Å². The Morgan fingerprint density at radius 3 is 2.30 bits per heavy atom. The Morgan fingerprint density at radius 1 is 1.13 bits per heavy atom. The normalized spacial score (nSPS) is 17.1. The molecule has 2 amide bonds. The number of sulfonamides is 1. The van der Waals surface area contributed by atoms with Crippen LogP contribution in [0.15, 0.2) is 29.3 Å². The number of nitrogens with zero attached hydrogens (tertiary/aromatic N) is 3. The van der Waals surface area contributed by atoms with Gasteiger partial charge in [-0.15, -0.1) is 5.10 Å². The second-order valence-electron chi connectivity index (χ2n) is 10.4. The van der Waals surface area contributed by atoms with Crippen molar-refractivity contribution in [3.05, 3.63) is 24.4 Å². The zero-order valence-corrected chi connectivity index (χ0v) is 25.1. The van der Waals surface area contributed by atoms with Gasteiger partial charge < -0.3 is 25.3 Å². The highest BCUT2D eigenvalue weighted by atomic mass is 32.2. The summed E-state index contributed by atoms with van der Waals surface area (Å²) in [7, 11) is -4.96. The first-order valence-electron chi connectivity index (χ1n) is 13.0. The molecule has 0 saturated carbocycles. The standard InChI is InChI=1S/C24H28F8N6O7S/c1-5-43-17-16(11-37(36-17)19(25)26)46(41,42)38-10-13(9-34-18(39)22(4,33)24(30,31)32)44-15-7-6-12(8-14(15)38)35-20(40)45-21(2,3)23(27,28)29/h6-8,11,13,19H,5,9-10,33H2,1-4H3,(H,34,39)(H,35,40)/t13-,22?/m0/s1. The third-order valence-corrected chi connectivity index (χ3v) is 8.20. The SMILES string of the molecule is CCOc1nn(C(F)F)cc1S(=O)(=O)N1C[C@H](CNC(=O)C(C)(N)C(F)(F)F)Oc2ccc(NC(=O)OC(C)(C)C(F)(F)F)cc21. The van der Waals surface area contributed by atoms with Crippen LogP contribution in [0.25, 0.3) is 0 Å². The molecule has 46 heavy (non-hydrogen) atoms. The number of nitrogens with one attached hydrogen (secondary N) is 2. The van der Waals surface area contributed by atoms with Crippen molar-refractivity contribution in [3.8, 4) is 11.6 Å². The molecule has 1 aliphatic rings. The fourth-order valence-electron chi connectivity index (χ4n) is 3.67. The summed E-state index contributed by atoms with van der Waals surface area (Å²) in [5.74, 6) is -2.73. The van der Waals surface area contributed by atoms with Crippen LogP contribution in [0.5, 0.6) is 11.6 Å². The van der Waals surface area contributed by atoms with Crippen LogP contribution in [-0.4, -0.2) is 79.5 Å². The van der Waals surface area contributed by atoms with E-state index in [1.807, 2.05) is 10.6 Å². The fraction of sp³-hybridized carbons (Fsp3) is 0.542. The van der Waals surface area contributed by atoms with Crippen molar-refractivity contribution < 1.29 is 67.3 Å². The van der Waals surface area contributed by atoms with Crippen LogP contribution >= 0.6 is 0 Å². The molecule has 258 valence electrons. The van der Waals surface area contributed by atoms with Gasteiger partial charge in [-0.3, -0.25) is 14.4 Å². The maximum atomic E-state index is 13.9. The summed E-state index contributed by atoms with van der Waals surface area (Å²) in [6.45, 7) is -2.05.